The van der Waals surface area contributed by atoms with E-state index in [0.717, 1.165) is 19.4 Å². The third-order valence-corrected chi connectivity index (χ3v) is 7.98. The molecule has 41 heavy (non-hydrogen) atoms. The van der Waals surface area contributed by atoms with Gasteiger partial charge in [0.15, 0.2) is 5.82 Å². The third-order valence-electron chi connectivity index (χ3n) is 7.98. The fourth-order valence-electron chi connectivity index (χ4n) is 5.77. The molecular formula is C28H34F2N8O3. The van der Waals surface area contributed by atoms with Crippen molar-refractivity contribution < 1.29 is 23.1 Å². The van der Waals surface area contributed by atoms with Crippen molar-refractivity contribution >= 4 is 34.6 Å². The number of amides is 2. The number of halogens is 2. The highest BCUT2D eigenvalue weighted by Crippen LogP contribution is 2.29. The van der Waals surface area contributed by atoms with E-state index < -0.39 is 6.43 Å². The molecule has 3 aliphatic heterocycles. The van der Waals surface area contributed by atoms with Crippen LogP contribution in [0.3, 0.4) is 0 Å². The molecule has 0 saturated carbocycles. The fraction of sp³-hybridized carbons (Fsp3) is 0.536. The lowest BCUT2D eigenvalue weighted by atomic mass is 10.1. The first-order valence-corrected chi connectivity index (χ1v) is 14.2. The maximum atomic E-state index is 14.1. The molecule has 2 amide bonds. The van der Waals surface area contributed by atoms with E-state index in [-0.39, 0.29) is 23.6 Å². The average Bonchev–Trinajstić information content (AvgIpc) is 3.73. The number of nitrogens with one attached hydrogen (secondary N) is 1. The number of hydrogen-bond donors (Lipinski definition) is 1. The topological polar surface area (TPSA) is 109 Å². The van der Waals surface area contributed by atoms with Crippen LogP contribution >= 0.6 is 0 Å². The standard InChI is InChI=1S/C28H34F2N8O3/c29-26(30)27-32-20-4-1-2-5-21(20)38(27)23-16-22(33-28(34-23)36-12-14-41-15-13-36)31-17-19-7-10-37(18-19)25(40)8-11-35-9-3-6-24(35)39/h1-2,4-5,16,19,26H,3,6-15,17-18H2,(H,31,33,34)/t19-/m1/s1. The molecule has 218 valence electrons. The molecule has 0 radical (unpaired) electrons. The average molecular weight is 569 g/mol. The number of para-hydroxylation sites is 2. The van der Waals surface area contributed by atoms with Crippen LogP contribution in [0, 0.1) is 5.92 Å². The van der Waals surface area contributed by atoms with Crippen LogP contribution in [-0.2, 0) is 14.3 Å². The minimum absolute atomic E-state index is 0.0673. The molecule has 5 heterocycles. The van der Waals surface area contributed by atoms with Gasteiger partial charge < -0.3 is 24.8 Å². The van der Waals surface area contributed by atoms with E-state index in [0.29, 0.717) is 93.9 Å². The monoisotopic (exact) mass is 568 g/mol. The molecule has 2 aromatic heterocycles. The zero-order chi connectivity index (χ0) is 28.3. The maximum Gasteiger partial charge on any atom is 0.296 e. The number of benzene rings is 1. The predicted octanol–water partition coefficient (Wildman–Crippen LogP) is 2.86. The summed E-state index contributed by atoms with van der Waals surface area (Å²) < 4.78 is 35.1. The number of carbonyl (C=O) groups excluding carboxylic acids is 2. The molecule has 3 fully saturated rings. The van der Waals surface area contributed by atoms with Crippen molar-refractivity contribution in [1.29, 1.82) is 0 Å². The Morgan fingerprint density at radius 1 is 1.10 bits per heavy atom. The first-order valence-electron chi connectivity index (χ1n) is 14.2. The van der Waals surface area contributed by atoms with Gasteiger partial charge in [-0.05, 0) is 30.9 Å². The van der Waals surface area contributed by atoms with Crippen molar-refractivity contribution in [2.45, 2.75) is 32.1 Å². The van der Waals surface area contributed by atoms with Crippen LogP contribution in [0.4, 0.5) is 20.5 Å². The zero-order valence-electron chi connectivity index (χ0n) is 22.8. The Balaban J connectivity index is 1.19. The number of alkyl halides is 2. The van der Waals surface area contributed by atoms with Gasteiger partial charge in [-0.15, -0.1) is 0 Å². The third kappa shape index (κ3) is 5.95. The molecule has 1 atom stereocenters. The molecule has 11 nitrogen and oxygen atoms in total. The van der Waals surface area contributed by atoms with Crippen LogP contribution in [0.1, 0.15) is 37.9 Å². The highest BCUT2D eigenvalue weighted by atomic mass is 19.3. The summed E-state index contributed by atoms with van der Waals surface area (Å²) in [5.74, 6) is 1.31. The fourth-order valence-corrected chi connectivity index (χ4v) is 5.77. The lowest BCUT2D eigenvalue weighted by molar-refractivity contribution is -0.132. The number of carbonyl (C=O) groups is 2. The van der Waals surface area contributed by atoms with Crippen LogP contribution in [-0.4, -0.2) is 100 Å². The summed E-state index contributed by atoms with van der Waals surface area (Å²) in [6.07, 6.45) is -0.161. The summed E-state index contributed by atoms with van der Waals surface area (Å²) in [5, 5.41) is 3.39. The minimum Gasteiger partial charge on any atom is -0.378 e. The number of fused-ring (bicyclic) bond motifs is 1. The Kier molecular flexibility index (Phi) is 7.95. The van der Waals surface area contributed by atoms with Crippen LogP contribution < -0.4 is 10.2 Å². The molecular weight excluding hydrogens is 534 g/mol. The number of likely N-dealkylation sites (tertiary alicyclic amines) is 2. The van der Waals surface area contributed by atoms with E-state index in [2.05, 4.69) is 10.3 Å². The lowest BCUT2D eigenvalue weighted by Crippen LogP contribution is -2.37. The highest BCUT2D eigenvalue weighted by Gasteiger charge is 2.28. The zero-order valence-corrected chi connectivity index (χ0v) is 22.8. The summed E-state index contributed by atoms with van der Waals surface area (Å²) in [7, 11) is 0. The molecule has 0 spiro atoms. The second-order valence-electron chi connectivity index (χ2n) is 10.7. The SMILES string of the molecule is O=C1CCCN1CCC(=O)N1CC[C@H](CNc2cc(-n3c(C(F)F)nc4ccccc43)nc(N3CCOCC3)n2)C1. The molecule has 1 aromatic carbocycles. The number of anilines is 2. The van der Waals surface area contributed by atoms with Gasteiger partial charge in [-0.25, -0.2) is 13.8 Å². The lowest BCUT2D eigenvalue weighted by Gasteiger charge is -2.27. The number of ether oxygens (including phenoxy) is 1. The van der Waals surface area contributed by atoms with Crippen LogP contribution in [0.25, 0.3) is 16.9 Å². The van der Waals surface area contributed by atoms with Gasteiger partial charge in [-0.3, -0.25) is 14.2 Å². The van der Waals surface area contributed by atoms with E-state index in [1.165, 1.54) is 4.57 Å². The van der Waals surface area contributed by atoms with Crippen molar-refractivity contribution in [3.05, 3.63) is 36.2 Å². The van der Waals surface area contributed by atoms with Gasteiger partial charge >= 0.3 is 0 Å². The van der Waals surface area contributed by atoms with Gasteiger partial charge in [0.2, 0.25) is 17.8 Å². The molecule has 0 unspecified atom stereocenters. The largest absolute Gasteiger partial charge is 0.378 e. The van der Waals surface area contributed by atoms with Crippen molar-refractivity contribution in [3.8, 4) is 5.82 Å². The van der Waals surface area contributed by atoms with Gasteiger partial charge in [-0.1, -0.05) is 12.1 Å². The second-order valence-corrected chi connectivity index (χ2v) is 10.7. The van der Waals surface area contributed by atoms with Gasteiger partial charge in [0.25, 0.3) is 6.43 Å². The smallest absolute Gasteiger partial charge is 0.296 e. The van der Waals surface area contributed by atoms with E-state index >= 15 is 0 Å². The summed E-state index contributed by atoms with van der Waals surface area (Å²) in [5.41, 5.74) is 1.01. The molecule has 3 saturated heterocycles. The second kappa shape index (κ2) is 11.9. The van der Waals surface area contributed by atoms with Crippen LogP contribution in [0.5, 0.6) is 0 Å². The normalized spacial score (nSPS) is 19.6. The van der Waals surface area contributed by atoms with E-state index in [4.69, 9.17) is 14.7 Å². The van der Waals surface area contributed by atoms with Crippen molar-refractivity contribution in [3.63, 3.8) is 0 Å². The molecule has 3 aliphatic rings. The number of morpholine rings is 1. The Labute approximate surface area is 236 Å². The number of imidazole rings is 1. The Hall–Kier alpha value is -3.87. The van der Waals surface area contributed by atoms with Crippen LogP contribution in [0.15, 0.2) is 30.3 Å². The van der Waals surface area contributed by atoms with E-state index in [1.807, 2.05) is 9.80 Å². The molecule has 1 N–H and O–H groups in total. The number of aromatic nitrogens is 4. The molecule has 6 rings (SSSR count). The predicted molar refractivity (Wildman–Crippen MR) is 148 cm³/mol. The van der Waals surface area contributed by atoms with Crippen molar-refractivity contribution in [1.82, 2.24) is 29.3 Å². The van der Waals surface area contributed by atoms with Crippen molar-refractivity contribution in [2.75, 3.05) is 69.2 Å². The Morgan fingerprint density at radius 3 is 2.71 bits per heavy atom. The summed E-state index contributed by atoms with van der Waals surface area (Å²) in [4.78, 5) is 43.9. The summed E-state index contributed by atoms with van der Waals surface area (Å²) in [6.45, 7) is 5.33. The molecule has 0 bridgehead atoms. The highest BCUT2D eigenvalue weighted by molar-refractivity contribution is 5.80. The molecule has 0 aliphatic carbocycles. The van der Waals surface area contributed by atoms with E-state index in [9.17, 15) is 18.4 Å². The van der Waals surface area contributed by atoms with E-state index in [1.54, 1.807) is 35.2 Å². The minimum atomic E-state index is -2.79. The first kappa shape index (κ1) is 27.3. The Morgan fingerprint density at radius 2 is 1.93 bits per heavy atom. The Bertz CT molecular complexity index is 1410. The molecule has 3 aromatic rings. The summed E-state index contributed by atoms with van der Waals surface area (Å²) >= 11 is 0. The first-order chi connectivity index (χ1) is 20.0. The van der Waals surface area contributed by atoms with Crippen molar-refractivity contribution in [2.24, 2.45) is 5.92 Å². The number of hydrogen-bond acceptors (Lipinski definition) is 8. The maximum absolute atomic E-state index is 14.1. The van der Waals surface area contributed by atoms with Gasteiger partial charge in [0.05, 0.1) is 24.2 Å². The quantitative estimate of drug-likeness (QED) is 0.420. The van der Waals surface area contributed by atoms with Gasteiger partial charge in [0, 0.05) is 64.7 Å². The van der Waals surface area contributed by atoms with Crippen LogP contribution in [0.2, 0.25) is 0 Å². The number of nitrogens with zero attached hydrogens (tertiary/aromatic N) is 7. The van der Waals surface area contributed by atoms with Gasteiger partial charge in [-0.2, -0.15) is 9.97 Å². The van der Waals surface area contributed by atoms with Gasteiger partial charge in [0.1, 0.15) is 11.6 Å². The summed E-state index contributed by atoms with van der Waals surface area (Å²) in [6, 6.07) is 8.69. The number of rotatable bonds is 9. The molecule has 13 heteroatoms.